The van der Waals surface area contributed by atoms with E-state index in [0.29, 0.717) is 4.96 Å². The van der Waals surface area contributed by atoms with E-state index in [1.807, 2.05) is 0 Å². The average Bonchev–Trinajstić information content (AvgIpc) is 2.58. The molecule has 2 aromatic rings. The average molecular weight is 281 g/mol. The monoisotopic (exact) mass is 280 g/mol. The molecule has 0 aliphatic carbocycles. The maximum atomic E-state index is 11.9. The number of hydrazine groups is 1. The van der Waals surface area contributed by atoms with Crippen LogP contribution >= 0.6 is 22.9 Å². The molecule has 0 radical (unpaired) electrons. The van der Waals surface area contributed by atoms with Crippen molar-refractivity contribution in [2.75, 3.05) is 14.1 Å². The number of hydrogen-bond donors (Lipinski definition) is 1. The smallest absolute Gasteiger partial charge is 0.272 e. The summed E-state index contributed by atoms with van der Waals surface area (Å²) >= 11 is 7.13. The summed E-state index contributed by atoms with van der Waals surface area (Å²) in [4.78, 5) is 6.81. The largest absolute Gasteiger partial charge is 0.279 e. The van der Waals surface area contributed by atoms with Crippen LogP contribution in [0.4, 0.5) is 0 Å². The fourth-order valence-electron chi connectivity index (χ4n) is 1.26. The number of thiazole rings is 1. The first-order chi connectivity index (χ1) is 7.42. The van der Waals surface area contributed by atoms with E-state index in [-0.39, 0.29) is 10.2 Å². The third-order valence-electron chi connectivity index (χ3n) is 1.74. The number of nitrogens with zero attached hydrogens (tertiary/aromatic N) is 3. The molecule has 0 spiro atoms. The second kappa shape index (κ2) is 3.97. The number of aromatic nitrogens is 2. The molecule has 9 heteroatoms. The van der Waals surface area contributed by atoms with Gasteiger partial charge in [-0.15, -0.1) is 16.2 Å². The van der Waals surface area contributed by atoms with Crippen molar-refractivity contribution >= 4 is 37.9 Å². The van der Waals surface area contributed by atoms with Crippen LogP contribution in [0.2, 0.25) is 5.15 Å². The highest BCUT2D eigenvalue weighted by Gasteiger charge is 2.25. The van der Waals surface area contributed by atoms with E-state index in [2.05, 4.69) is 9.82 Å². The fourth-order valence-corrected chi connectivity index (χ4v) is 3.80. The molecule has 2 aromatic heterocycles. The highest BCUT2D eigenvalue weighted by molar-refractivity contribution is 7.89. The van der Waals surface area contributed by atoms with Gasteiger partial charge in [-0.3, -0.25) is 4.40 Å². The van der Waals surface area contributed by atoms with Crippen LogP contribution in [0.3, 0.4) is 0 Å². The van der Waals surface area contributed by atoms with Gasteiger partial charge in [-0.2, -0.15) is 0 Å². The molecule has 0 aromatic carbocycles. The summed E-state index contributed by atoms with van der Waals surface area (Å²) in [6.07, 6.45) is 1.61. The lowest BCUT2D eigenvalue weighted by atomic mass is 10.9. The van der Waals surface area contributed by atoms with Gasteiger partial charge in [0.2, 0.25) is 0 Å². The lowest BCUT2D eigenvalue weighted by Gasteiger charge is -2.11. The number of sulfonamides is 1. The Morgan fingerprint density at radius 1 is 1.56 bits per heavy atom. The second-order valence-electron chi connectivity index (χ2n) is 3.25. The van der Waals surface area contributed by atoms with Gasteiger partial charge in [-0.05, 0) is 0 Å². The van der Waals surface area contributed by atoms with Crippen molar-refractivity contribution in [3.05, 3.63) is 16.7 Å². The molecule has 0 atom stereocenters. The van der Waals surface area contributed by atoms with Crippen LogP contribution in [0.15, 0.2) is 16.6 Å². The van der Waals surface area contributed by atoms with E-state index in [4.69, 9.17) is 11.6 Å². The van der Waals surface area contributed by atoms with Crippen LogP contribution in [-0.2, 0) is 10.0 Å². The molecule has 88 valence electrons. The van der Waals surface area contributed by atoms with Crippen LogP contribution in [0.25, 0.3) is 4.96 Å². The van der Waals surface area contributed by atoms with Crippen LogP contribution in [0.5, 0.6) is 0 Å². The number of halogens is 1. The summed E-state index contributed by atoms with van der Waals surface area (Å²) in [5.74, 6) is 0. The van der Waals surface area contributed by atoms with E-state index < -0.39 is 10.0 Å². The van der Waals surface area contributed by atoms with Crippen LogP contribution in [0.1, 0.15) is 0 Å². The van der Waals surface area contributed by atoms with E-state index in [1.54, 1.807) is 25.7 Å². The first-order valence-electron chi connectivity index (χ1n) is 4.22. The van der Waals surface area contributed by atoms with Gasteiger partial charge in [0, 0.05) is 25.7 Å². The van der Waals surface area contributed by atoms with Crippen molar-refractivity contribution in [1.82, 2.24) is 19.2 Å². The maximum absolute atomic E-state index is 11.9. The van der Waals surface area contributed by atoms with E-state index in [9.17, 15) is 8.42 Å². The van der Waals surface area contributed by atoms with Gasteiger partial charge in [-0.1, -0.05) is 11.6 Å². The summed E-state index contributed by atoms with van der Waals surface area (Å²) in [5, 5.41) is 3.01. The number of rotatable bonds is 3. The third kappa shape index (κ3) is 1.94. The normalized spacial score (nSPS) is 12.8. The first kappa shape index (κ1) is 11.8. The van der Waals surface area contributed by atoms with Gasteiger partial charge in [0.25, 0.3) is 10.0 Å². The molecule has 0 saturated heterocycles. The second-order valence-corrected chi connectivity index (χ2v) is 6.06. The molecule has 1 N–H and O–H groups in total. The zero-order valence-electron chi connectivity index (χ0n) is 8.51. The third-order valence-corrected chi connectivity index (χ3v) is 4.37. The number of fused-ring (bicyclic) bond motifs is 1. The Kier molecular flexibility index (Phi) is 2.93. The van der Waals surface area contributed by atoms with Crippen molar-refractivity contribution in [2.24, 2.45) is 0 Å². The number of nitrogens with one attached hydrogen (secondary N) is 1. The van der Waals surface area contributed by atoms with Crippen molar-refractivity contribution < 1.29 is 8.42 Å². The highest BCUT2D eigenvalue weighted by atomic mass is 35.5. The van der Waals surface area contributed by atoms with Crippen LogP contribution < -0.4 is 4.83 Å². The number of imidazole rings is 1. The molecular weight excluding hydrogens is 272 g/mol. The molecule has 2 heterocycles. The molecule has 0 aliphatic heterocycles. The Labute approximate surface area is 101 Å². The summed E-state index contributed by atoms with van der Waals surface area (Å²) in [6.45, 7) is 0. The summed E-state index contributed by atoms with van der Waals surface area (Å²) in [5.41, 5.74) is 0. The minimum absolute atomic E-state index is 0.0267. The minimum atomic E-state index is -3.69. The van der Waals surface area contributed by atoms with Crippen molar-refractivity contribution in [1.29, 1.82) is 0 Å². The topological polar surface area (TPSA) is 66.7 Å². The Morgan fingerprint density at radius 2 is 2.25 bits per heavy atom. The molecule has 0 amide bonds. The van der Waals surface area contributed by atoms with Crippen molar-refractivity contribution in [3.8, 4) is 0 Å². The summed E-state index contributed by atoms with van der Waals surface area (Å²) in [7, 11) is -0.531. The SMILES string of the molecule is CN(C)NS(=O)(=O)c1c(Cl)nc2sccn12. The zero-order chi connectivity index (χ0) is 11.9. The van der Waals surface area contributed by atoms with Gasteiger partial charge in [-0.25, -0.2) is 18.4 Å². The Hall–Kier alpha value is -0.670. The molecular formula is C7H9ClN4O2S2. The Morgan fingerprint density at radius 3 is 2.88 bits per heavy atom. The van der Waals surface area contributed by atoms with Crippen molar-refractivity contribution in [3.63, 3.8) is 0 Å². The van der Waals surface area contributed by atoms with Gasteiger partial charge in [0.05, 0.1) is 0 Å². The van der Waals surface area contributed by atoms with E-state index in [1.165, 1.54) is 20.7 Å². The molecule has 6 nitrogen and oxygen atoms in total. The van der Waals surface area contributed by atoms with Gasteiger partial charge >= 0.3 is 0 Å². The Bertz CT molecular complexity index is 615. The summed E-state index contributed by atoms with van der Waals surface area (Å²) in [6, 6.07) is 0. The van der Waals surface area contributed by atoms with Gasteiger partial charge in [0.15, 0.2) is 15.1 Å². The Balaban J connectivity index is 2.62. The molecule has 0 saturated carbocycles. The lowest BCUT2D eigenvalue weighted by molar-refractivity contribution is 0.363. The zero-order valence-corrected chi connectivity index (χ0v) is 10.9. The highest BCUT2D eigenvalue weighted by Crippen LogP contribution is 2.24. The van der Waals surface area contributed by atoms with E-state index >= 15 is 0 Å². The molecule has 2 rings (SSSR count). The maximum Gasteiger partial charge on any atom is 0.272 e. The lowest BCUT2D eigenvalue weighted by Crippen LogP contribution is -2.36. The fraction of sp³-hybridized carbons (Fsp3) is 0.286. The standard InChI is InChI=1S/C7H9ClN4O2S2/c1-11(2)10-16(13,14)6-5(8)9-7-12(6)3-4-15-7/h3-4,10H,1-2H3. The van der Waals surface area contributed by atoms with Gasteiger partial charge < -0.3 is 0 Å². The molecule has 0 bridgehead atoms. The molecule has 0 unspecified atom stereocenters. The molecule has 0 fully saturated rings. The van der Waals surface area contributed by atoms with Crippen LogP contribution in [0, 0.1) is 0 Å². The van der Waals surface area contributed by atoms with E-state index in [0.717, 1.165) is 0 Å². The molecule has 0 aliphatic rings. The number of hydrogen-bond acceptors (Lipinski definition) is 5. The quantitative estimate of drug-likeness (QED) is 0.845. The van der Waals surface area contributed by atoms with Gasteiger partial charge in [0.1, 0.15) is 0 Å². The molecule has 16 heavy (non-hydrogen) atoms. The van der Waals surface area contributed by atoms with Crippen molar-refractivity contribution in [2.45, 2.75) is 5.03 Å². The summed E-state index contributed by atoms with van der Waals surface area (Å²) < 4.78 is 25.3. The predicted octanol–water partition coefficient (Wildman–Crippen LogP) is 0.804. The first-order valence-corrected chi connectivity index (χ1v) is 6.97. The predicted molar refractivity (Wildman–Crippen MR) is 62.1 cm³/mol. The van der Waals surface area contributed by atoms with Crippen LogP contribution in [-0.4, -0.2) is 36.9 Å². The minimum Gasteiger partial charge on any atom is -0.279 e.